The lowest BCUT2D eigenvalue weighted by Gasteiger charge is -2.32. The standard InChI is InChI=1S/C20H25N3O2/c1-2-18-21-17-6-4-3-5-16(17)20(25)23(18)13-14-9-11-22(12-10-14)19(24)15-7-8-15/h3-6,14-15H,2,7-13H2,1H3. The largest absolute Gasteiger partial charge is 0.342 e. The Morgan fingerprint density at radius 1 is 1.16 bits per heavy atom. The van der Waals surface area contributed by atoms with Crippen LogP contribution in [0.2, 0.25) is 0 Å². The minimum absolute atomic E-state index is 0.0685. The Bertz CT molecular complexity index is 846. The van der Waals surface area contributed by atoms with Crippen LogP contribution in [0.3, 0.4) is 0 Å². The van der Waals surface area contributed by atoms with Crippen molar-refractivity contribution in [1.29, 1.82) is 0 Å². The average molecular weight is 339 g/mol. The average Bonchev–Trinajstić information content (AvgIpc) is 3.49. The van der Waals surface area contributed by atoms with Gasteiger partial charge in [-0.1, -0.05) is 19.1 Å². The Morgan fingerprint density at radius 3 is 2.56 bits per heavy atom. The van der Waals surface area contributed by atoms with Crippen LogP contribution in [0.1, 0.15) is 38.4 Å². The van der Waals surface area contributed by atoms with Crippen LogP contribution in [0.25, 0.3) is 10.9 Å². The number of para-hydroxylation sites is 1. The monoisotopic (exact) mass is 339 g/mol. The molecule has 2 heterocycles. The predicted octanol–water partition coefficient (Wildman–Crippen LogP) is 2.61. The molecule has 132 valence electrons. The lowest BCUT2D eigenvalue weighted by molar-refractivity contribution is -0.134. The Kier molecular flexibility index (Phi) is 4.32. The second-order valence-electron chi connectivity index (χ2n) is 7.36. The quantitative estimate of drug-likeness (QED) is 0.860. The van der Waals surface area contributed by atoms with Gasteiger partial charge in [0.05, 0.1) is 10.9 Å². The zero-order valence-corrected chi connectivity index (χ0v) is 14.8. The van der Waals surface area contributed by atoms with Crippen LogP contribution in [0.4, 0.5) is 0 Å². The fraction of sp³-hybridized carbons (Fsp3) is 0.550. The lowest BCUT2D eigenvalue weighted by Crippen LogP contribution is -2.41. The molecule has 25 heavy (non-hydrogen) atoms. The van der Waals surface area contributed by atoms with Crippen LogP contribution in [-0.4, -0.2) is 33.4 Å². The number of hydrogen-bond donors (Lipinski definition) is 0. The van der Waals surface area contributed by atoms with Gasteiger partial charge >= 0.3 is 0 Å². The number of benzene rings is 1. The number of nitrogens with zero attached hydrogens (tertiary/aromatic N) is 3. The van der Waals surface area contributed by atoms with E-state index >= 15 is 0 Å². The van der Waals surface area contributed by atoms with Crippen molar-refractivity contribution in [2.24, 2.45) is 11.8 Å². The first kappa shape index (κ1) is 16.3. The van der Waals surface area contributed by atoms with Gasteiger partial charge in [-0.05, 0) is 43.7 Å². The molecular weight excluding hydrogens is 314 g/mol. The first-order chi connectivity index (χ1) is 12.2. The first-order valence-corrected chi connectivity index (χ1v) is 9.44. The summed E-state index contributed by atoms with van der Waals surface area (Å²) in [4.78, 5) is 31.8. The van der Waals surface area contributed by atoms with Crippen molar-refractivity contribution in [1.82, 2.24) is 14.5 Å². The molecule has 1 saturated heterocycles. The smallest absolute Gasteiger partial charge is 0.261 e. The van der Waals surface area contributed by atoms with Gasteiger partial charge in [0.15, 0.2) is 0 Å². The number of aromatic nitrogens is 2. The highest BCUT2D eigenvalue weighted by Crippen LogP contribution is 2.32. The zero-order chi connectivity index (χ0) is 17.4. The van der Waals surface area contributed by atoms with E-state index in [0.29, 0.717) is 29.7 Å². The molecule has 1 aliphatic carbocycles. The molecular formula is C20H25N3O2. The number of amides is 1. The van der Waals surface area contributed by atoms with Gasteiger partial charge in [0.25, 0.3) is 5.56 Å². The Hall–Kier alpha value is -2.17. The second kappa shape index (κ2) is 6.62. The van der Waals surface area contributed by atoms with Gasteiger partial charge in [0.1, 0.15) is 5.82 Å². The van der Waals surface area contributed by atoms with E-state index in [1.807, 2.05) is 40.7 Å². The summed E-state index contributed by atoms with van der Waals surface area (Å²) in [7, 11) is 0. The minimum atomic E-state index is 0.0685. The highest BCUT2D eigenvalue weighted by molar-refractivity contribution is 5.81. The Morgan fingerprint density at radius 2 is 1.88 bits per heavy atom. The van der Waals surface area contributed by atoms with Crippen LogP contribution in [0, 0.1) is 11.8 Å². The van der Waals surface area contributed by atoms with Crippen molar-refractivity contribution >= 4 is 16.8 Å². The molecule has 0 N–H and O–H groups in total. The van der Waals surface area contributed by atoms with Crippen molar-refractivity contribution in [3.05, 3.63) is 40.4 Å². The van der Waals surface area contributed by atoms with Gasteiger partial charge in [-0.2, -0.15) is 0 Å². The normalized spacial score (nSPS) is 18.7. The summed E-state index contributed by atoms with van der Waals surface area (Å²) in [5, 5.41) is 0.695. The lowest BCUT2D eigenvalue weighted by atomic mass is 9.96. The van der Waals surface area contributed by atoms with Crippen LogP contribution >= 0.6 is 0 Å². The van der Waals surface area contributed by atoms with E-state index < -0.39 is 0 Å². The van der Waals surface area contributed by atoms with Crippen molar-refractivity contribution in [3.63, 3.8) is 0 Å². The SMILES string of the molecule is CCc1nc2ccccc2c(=O)n1CC1CCN(C(=O)C2CC2)CC1. The number of rotatable bonds is 4. The van der Waals surface area contributed by atoms with Crippen LogP contribution in [-0.2, 0) is 17.8 Å². The highest BCUT2D eigenvalue weighted by atomic mass is 16.2. The molecule has 0 atom stereocenters. The number of likely N-dealkylation sites (tertiary alicyclic amines) is 1. The van der Waals surface area contributed by atoms with Gasteiger partial charge < -0.3 is 4.90 Å². The maximum absolute atomic E-state index is 12.9. The van der Waals surface area contributed by atoms with E-state index in [2.05, 4.69) is 0 Å². The molecule has 2 aromatic rings. The third-order valence-corrected chi connectivity index (χ3v) is 5.55. The number of fused-ring (bicyclic) bond motifs is 1. The fourth-order valence-electron chi connectivity index (χ4n) is 3.85. The number of carbonyl (C=O) groups is 1. The molecule has 0 bridgehead atoms. The molecule has 0 radical (unpaired) electrons. The van der Waals surface area contributed by atoms with Crippen molar-refractivity contribution in [3.8, 4) is 0 Å². The van der Waals surface area contributed by atoms with Crippen LogP contribution < -0.4 is 5.56 Å². The molecule has 2 aliphatic rings. The van der Waals surface area contributed by atoms with Gasteiger partial charge in [-0.15, -0.1) is 0 Å². The molecule has 1 aliphatic heterocycles. The topological polar surface area (TPSA) is 55.2 Å². The van der Waals surface area contributed by atoms with E-state index in [0.717, 1.165) is 56.5 Å². The molecule has 1 saturated carbocycles. The molecule has 5 heteroatoms. The van der Waals surface area contributed by atoms with E-state index in [9.17, 15) is 9.59 Å². The Labute approximate surface area is 147 Å². The number of aryl methyl sites for hydroxylation is 1. The van der Waals surface area contributed by atoms with Gasteiger partial charge in [0.2, 0.25) is 5.91 Å². The predicted molar refractivity (Wildman–Crippen MR) is 97.4 cm³/mol. The minimum Gasteiger partial charge on any atom is -0.342 e. The van der Waals surface area contributed by atoms with Gasteiger partial charge in [-0.3, -0.25) is 14.2 Å². The molecule has 0 unspecified atom stereocenters. The van der Waals surface area contributed by atoms with E-state index in [1.165, 1.54) is 0 Å². The zero-order valence-electron chi connectivity index (χ0n) is 14.8. The Balaban J connectivity index is 1.52. The third kappa shape index (κ3) is 3.20. The van der Waals surface area contributed by atoms with Crippen LogP contribution in [0.15, 0.2) is 29.1 Å². The van der Waals surface area contributed by atoms with Crippen LogP contribution in [0.5, 0.6) is 0 Å². The maximum atomic E-state index is 12.9. The summed E-state index contributed by atoms with van der Waals surface area (Å²) < 4.78 is 1.87. The van der Waals surface area contributed by atoms with Gasteiger partial charge in [-0.25, -0.2) is 4.98 Å². The molecule has 0 spiro atoms. The van der Waals surface area contributed by atoms with E-state index in [1.54, 1.807) is 0 Å². The summed E-state index contributed by atoms with van der Waals surface area (Å²) in [6, 6.07) is 7.58. The highest BCUT2D eigenvalue weighted by Gasteiger charge is 2.35. The molecule has 5 nitrogen and oxygen atoms in total. The van der Waals surface area contributed by atoms with Crippen molar-refractivity contribution in [2.75, 3.05) is 13.1 Å². The van der Waals surface area contributed by atoms with E-state index in [-0.39, 0.29) is 5.56 Å². The molecule has 1 aromatic carbocycles. The summed E-state index contributed by atoms with van der Waals surface area (Å²) in [5.74, 6) is 1.95. The second-order valence-corrected chi connectivity index (χ2v) is 7.36. The van der Waals surface area contributed by atoms with E-state index in [4.69, 9.17) is 4.98 Å². The first-order valence-electron chi connectivity index (χ1n) is 9.44. The van der Waals surface area contributed by atoms with Crippen molar-refractivity contribution in [2.45, 2.75) is 45.6 Å². The molecule has 4 rings (SSSR count). The van der Waals surface area contributed by atoms with Gasteiger partial charge in [0, 0.05) is 32.0 Å². The number of hydrogen-bond acceptors (Lipinski definition) is 3. The maximum Gasteiger partial charge on any atom is 0.261 e. The third-order valence-electron chi connectivity index (χ3n) is 5.55. The summed E-state index contributed by atoms with van der Waals surface area (Å²) in [6.07, 6.45) is 4.83. The molecule has 1 aromatic heterocycles. The summed E-state index contributed by atoms with van der Waals surface area (Å²) in [5.41, 5.74) is 0.851. The number of carbonyl (C=O) groups excluding carboxylic acids is 1. The summed E-state index contributed by atoms with van der Waals surface area (Å²) in [6.45, 7) is 4.42. The van der Waals surface area contributed by atoms with Crippen molar-refractivity contribution < 1.29 is 4.79 Å². The molecule has 1 amide bonds. The fourth-order valence-corrected chi connectivity index (χ4v) is 3.85. The summed E-state index contributed by atoms with van der Waals surface area (Å²) >= 11 is 0. The number of piperidine rings is 1. The molecule has 2 fully saturated rings.